The van der Waals surface area contributed by atoms with E-state index in [4.69, 9.17) is 4.99 Å². The van der Waals surface area contributed by atoms with Crippen LogP contribution in [0.1, 0.15) is 51.5 Å². The number of hydrogen-bond acceptors (Lipinski definition) is 3. The molecule has 0 radical (unpaired) electrons. The molecule has 27 heavy (non-hydrogen) atoms. The molecule has 5 nitrogen and oxygen atoms in total. The highest BCUT2D eigenvalue weighted by atomic mass is 32.2. The van der Waals surface area contributed by atoms with Crippen molar-refractivity contribution in [3.05, 3.63) is 29.8 Å². The van der Waals surface area contributed by atoms with Gasteiger partial charge in [0.25, 0.3) is 0 Å². The molecule has 1 aliphatic heterocycles. The lowest BCUT2D eigenvalue weighted by Crippen LogP contribution is -2.43. The molecule has 1 aromatic carbocycles. The summed E-state index contributed by atoms with van der Waals surface area (Å²) < 4.78 is 0.307. The molecule has 2 aliphatic rings. The second-order valence-corrected chi connectivity index (χ2v) is 9.45. The highest BCUT2D eigenvalue weighted by Crippen LogP contribution is 2.36. The van der Waals surface area contributed by atoms with E-state index in [-0.39, 0.29) is 11.8 Å². The summed E-state index contributed by atoms with van der Waals surface area (Å²) in [7, 11) is 0. The Balaban J connectivity index is 1.56. The third kappa shape index (κ3) is 5.89. The molecule has 6 heteroatoms. The van der Waals surface area contributed by atoms with Gasteiger partial charge in [0, 0.05) is 29.4 Å². The van der Waals surface area contributed by atoms with Crippen LogP contribution in [-0.2, 0) is 11.3 Å². The fourth-order valence-electron chi connectivity index (χ4n) is 3.42. The van der Waals surface area contributed by atoms with Gasteiger partial charge in [0.05, 0.1) is 6.54 Å². The molecule has 148 valence electrons. The number of anilines is 1. The maximum absolute atomic E-state index is 12.1. The van der Waals surface area contributed by atoms with Crippen molar-refractivity contribution in [2.75, 3.05) is 24.2 Å². The molecular weight excluding hydrogens is 356 g/mol. The molecule has 1 atom stereocenters. The van der Waals surface area contributed by atoms with Gasteiger partial charge in [-0.05, 0) is 63.0 Å². The summed E-state index contributed by atoms with van der Waals surface area (Å²) in [5, 5.41) is 9.87. The molecule has 1 aliphatic carbocycles. The number of amides is 1. The van der Waals surface area contributed by atoms with Gasteiger partial charge in [0.15, 0.2) is 5.96 Å². The summed E-state index contributed by atoms with van der Waals surface area (Å²) in [6, 6.07) is 8.02. The van der Waals surface area contributed by atoms with Crippen molar-refractivity contribution in [1.29, 1.82) is 0 Å². The van der Waals surface area contributed by atoms with Crippen LogP contribution in [0.5, 0.6) is 0 Å². The predicted molar refractivity (Wildman–Crippen MR) is 115 cm³/mol. The van der Waals surface area contributed by atoms with Crippen molar-refractivity contribution in [3.8, 4) is 0 Å². The van der Waals surface area contributed by atoms with Crippen LogP contribution in [0.4, 0.5) is 5.69 Å². The third-order valence-electron chi connectivity index (χ3n) is 5.36. The molecule has 3 N–H and O–H groups in total. The molecule has 2 fully saturated rings. The zero-order valence-corrected chi connectivity index (χ0v) is 17.3. The van der Waals surface area contributed by atoms with Gasteiger partial charge in [-0.3, -0.25) is 4.79 Å². The first-order valence-corrected chi connectivity index (χ1v) is 11.1. The van der Waals surface area contributed by atoms with Crippen LogP contribution in [0.15, 0.2) is 29.3 Å². The molecule has 0 aromatic heterocycles. The summed E-state index contributed by atoms with van der Waals surface area (Å²) in [4.78, 5) is 16.9. The first-order chi connectivity index (χ1) is 13.1. The number of carbonyl (C=O) groups is 1. The van der Waals surface area contributed by atoms with Crippen molar-refractivity contribution in [3.63, 3.8) is 0 Å². The summed E-state index contributed by atoms with van der Waals surface area (Å²) in [6.07, 6.45) is 5.77. The molecule has 0 bridgehead atoms. The first kappa shape index (κ1) is 20.1. The third-order valence-corrected chi connectivity index (χ3v) is 6.90. The van der Waals surface area contributed by atoms with E-state index in [2.05, 4.69) is 47.6 Å². The molecular formula is C21H32N4OS. The maximum Gasteiger partial charge on any atom is 0.227 e. The smallest absolute Gasteiger partial charge is 0.227 e. The molecule has 1 amide bonds. The Labute approximate surface area is 167 Å². The van der Waals surface area contributed by atoms with E-state index < -0.39 is 0 Å². The van der Waals surface area contributed by atoms with E-state index in [9.17, 15) is 4.79 Å². The van der Waals surface area contributed by atoms with Gasteiger partial charge in [-0.15, -0.1) is 0 Å². The van der Waals surface area contributed by atoms with Crippen molar-refractivity contribution in [2.45, 2.75) is 57.2 Å². The van der Waals surface area contributed by atoms with Crippen LogP contribution in [0, 0.1) is 5.92 Å². The second-order valence-electron chi connectivity index (χ2n) is 7.77. The normalized spacial score (nSPS) is 23.0. The van der Waals surface area contributed by atoms with Crippen LogP contribution >= 0.6 is 11.8 Å². The van der Waals surface area contributed by atoms with E-state index in [1.807, 2.05) is 18.2 Å². The van der Waals surface area contributed by atoms with Crippen molar-refractivity contribution >= 4 is 29.3 Å². The summed E-state index contributed by atoms with van der Waals surface area (Å²) in [5.74, 6) is 2.46. The highest BCUT2D eigenvalue weighted by Gasteiger charge is 2.29. The Morgan fingerprint density at radius 2 is 2.15 bits per heavy atom. The van der Waals surface area contributed by atoms with Gasteiger partial charge in [-0.1, -0.05) is 18.6 Å². The zero-order valence-electron chi connectivity index (χ0n) is 16.5. The fraction of sp³-hybridized carbons (Fsp3) is 0.619. The van der Waals surface area contributed by atoms with E-state index in [0.29, 0.717) is 11.3 Å². The number of benzene rings is 1. The summed E-state index contributed by atoms with van der Waals surface area (Å²) >= 11 is 2.05. The number of aliphatic imine (C=N–C) groups is 1. The first-order valence-electron chi connectivity index (χ1n) is 10.1. The number of nitrogens with zero attached hydrogens (tertiary/aromatic N) is 1. The second kappa shape index (κ2) is 9.49. The van der Waals surface area contributed by atoms with Crippen molar-refractivity contribution in [2.24, 2.45) is 10.9 Å². The predicted octanol–water partition coefficient (Wildman–Crippen LogP) is 3.77. The van der Waals surface area contributed by atoms with E-state index >= 15 is 0 Å². The largest absolute Gasteiger partial charge is 0.357 e. The quantitative estimate of drug-likeness (QED) is 0.491. The minimum Gasteiger partial charge on any atom is -0.357 e. The van der Waals surface area contributed by atoms with Gasteiger partial charge in [0.2, 0.25) is 5.91 Å². The SMILES string of the molecule is CCNC(=NCc1cccc(NC(=O)C2CCC2)c1)NCC1(C)CCCS1. The van der Waals surface area contributed by atoms with Gasteiger partial charge in [0.1, 0.15) is 0 Å². The number of nitrogens with one attached hydrogen (secondary N) is 3. The van der Waals surface area contributed by atoms with Crippen LogP contribution in [0.25, 0.3) is 0 Å². The van der Waals surface area contributed by atoms with Gasteiger partial charge >= 0.3 is 0 Å². The molecule has 1 aromatic rings. The monoisotopic (exact) mass is 388 g/mol. The van der Waals surface area contributed by atoms with Crippen LogP contribution in [0.3, 0.4) is 0 Å². The van der Waals surface area contributed by atoms with Gasteiger partial charge in [-0.25, -0.2) is 4.99 Å². The van der Waals surface area contributed by atoms with E-state index in [0.717, 1.165) is 43.1 Å². The molecule has 1 saturated carbocycles. The fourth-order valence-corrected chi connectivity index (χ4v) is 4.67. The molecule has 0 spiro atoms. The number of carbonyl (C=O) groups excluding carboxylic acids is 1. The molecule has 1 saturated heterocycles. The van der Waals surface area contributed by atoms with E-state index in [1.54, 1.807) is 0 Å². The Bertz CT molecular complexity index is 666. The Morgan fingerprint density at radius 3 is 2.81 bits per heavy atom. The average Bonchev–Trinajstić information content (AvgIpc) is 3.03. The topological polar surface area (TPSA) is 65.5 Å². The zero-order chi connectivity index (χ0) is 19.1. The molecule has 1 unspecified atom stereocenters. The van der Waals surface area contributed by atoms with Crippen LogP contribution in [0.2, 0.25) is 0 Å². The molecule has 3 rings (SSSR count). The summed E-state index contributed by atoms with van der Waals surface area (Å²) in [5.41, 5.74) is 1.97. The Morgan fingerprint density at radius 1 is 1.30 bits per heavy atom. The van der Waals surface area contributed by atoms with E-state index in [1.165, 1.54) is 25.0 Å². The van der Waals surface area contributed by atoms with Crippen molar-refractivity contribution in [1.82, 2.24) is 10.6 Å². The van der Waals surface area contributed by atoms with Crippen LogP contribution < -0.4 is 16.0 Å². The lowest BCUT2D eigenvalue weighted by molar-refractivity contribution is -0.122. The standard InChI is InChI=1S/C21H32N4OS/c1-3-22-20(24-15-21(2)11-6-12-27-21)23-14-16-7-4-10-18(13-16)25-19(26)17-8-5-9-17/h4,7,10,13,17H,3,5-6,8-9,11-12,14-15H2,1-2H3,(H,25,26)(H2,22,23,24). The van der Waals surface area contributed by atoms with Gasteiger partial charge in [-0.2, -0.15) is 11.8 Å². The maximum atomic E-state index is 12.1. The minimum atomic E-state index is 0.152. The highest BCUT2D eigenvalue weighted by molar-refractivity contribution is 8.00. The number of thioether (sulfide) groups is 1. The summed E-state index contributed by atoms with van der Waals surface area (Å²) in [6.45, 7) is 6.77. The molecule has 1 heterocycles. The minimum absolute atomic E-state index is 0.152. The Kier molecular flexibility index (Phi) is 7.05. The average molecular weight is 389 g/mol. The Hall–Kier alpha value is -1.69. The van der Waals surface area contributed by atoms with Crippen LogP contribution in [-0.4, -0.2) is 35.5 Å². The number of guanidine groups is 1. The van der Waals surface area contributed by atoms with Gasteiger partial charge < -0.3 is 16.0 Å². The lowest BCUT2D eigenvalue weighted by Gasteiger charge is -2.24. The van der Waals surface area contributed by atoms with Crippen molar-refractivity contribution < 1.29 is 4.79 Å². The number of rotatable bonds is 7. The number of hydrogen-bond donors (Lipinski definition) is 3. The lowest BCUT2D eigenvalue weighted by atomic mass is 9.85.